The second-order valence-electron chi connectivity index (χ2n) is 5.11. The molecule has 0 aliphatic carbocycles. The average molecular weight is 331 g/mol. The third kappa shape index (κ3) is 5.29. The number of hydrogen-bond acceptors (Lipinski definition) is 5. The van der Waals surface area contributed by atoms with E-state index in [1.807, 2.05) is 13.0 Å². The minimum atomic E-state index is -0.257. The predicted octanol–water partition coefficient (Wildman–Crippen LogP) is 1.60. The van der Waals surface area contributed by atoms with Crippen molar-refractivity contribution in [3.05, 3.63) is 46.4 Å². The molecule has 2 aromatic rings. The van der Waals surface area contributed by atoms with Gasteiger partial charge in [-0.05, 0) is 18.6 Å². The Kier molecular flexibility index (Phi) is 6.65. The van der Waals surface area contributed by atoms with Crippen molar-refractivity contribution in [2.24, 2.45) is 0 Å². The van der Waals surface area contributed by atoms with E-state index in [1.165, 1.54) is 6.07 Å². The first-order chi connectivity index (χ1) is 11.6. The molecule has 0 saturated carbocycles. The Labute approximate surface area is 140 Å². The summed E-state index contributed by atoms with van der Waals surface area (Å²) in [6.07, 6.45) is 0.673. The number of nitrogens with one attached hydrogen (secondary N) is 2. The number of rotatable bonds is 8. The van der Waals surface area contributed by atoms with Gasteiger partial charge in [-0.25, -0.2) is 4.98 Å². The molecule has 0 saturated heterocycles. The van der Waals surface area contributed by atoms with E-state index < -0.39 is 0 Å². The molecule has 0 spiro atoms. The van der Waals surface area contributed by atoms with Gasteiger partial charge in [0.05, 0.1) is 13.2 Å². The van der Waals surface area contributed by atoms with E-state index in [0.29, 0.717) is 31.1 Å². The number of aryl methyl sites for hydroxylation is 1. The minimum Gasteiger partial charge on any atom is -0.382 e. The first-order valence-electron chi connectivity index (χ1n) is 7.69. The van der Waals surface area contributed by atoms with Crippen LogP contribution in [-0.4, -0.2) is 42.8 Å². The van der Waals surface area contributed by atoms with Crippen LogP contribution in [0.2, 0.25) is 0 Å². The van der Waals surface area contributed by atoms with Crippen molar-refractivity contribution in [3.8, 4) is 11.4 Å². The number of anilines is 1. The quantitative estimate of drug-likeness (QED) is 0.717. The second-order valence-corrected chi connectivity index (χ2v) is 5.11. The molecule has 1 amide bonds. The summed E-state index contributed by atoms with van der Waals surface area (Å²) in [6, 6.07) is 8.60. The zero-order valence-electron chi connectivity index (χ0n) is 13.8. The van der Waals surface area contributed by atoms with Gasteiger partial charge in [0.15, 0.2) is 0 Å². The maximum Gasteiger partial charge on any atom is 0.251 e. The number of hydrogen-bond donors (Lipinski definition) is 2. The highest BCUT2D eigenvalue weighted by Gasteiger charge is 2.07. The topological polar surface area (TPSA) is 93.3 Å². The summed E-state index contributed by atoms with van der Waals surface area (Å²) in [6.45, 7) is 2.69. The van der Waals surface area contributed by atoms with Crippen molar-refractivity contribution in [2.75, 3.05) is 32.2 Å². The number of carbonyl (C=O) groups excluding carboxylic acids is 1. The third-order valence-electron chi connectivity index (χ3n) is 3.24. The standard InChI is InChI=1S/C17H21N3O4/c1-3-13-10-15(21)20-17(19-13)12-5-4-6-14(9-12)18-16(22)11-24-8-7-23-2/h4-6,9-10H,3,7-8,11H2,1-2H3,(H,18,22)(H,19,20,21). The molecular weight excluding hydrogens is 310 g/mol. The summed E-state index contributed by atoms with van der Waals surface area (Å²) in [5, 5.41) is 2.75. The van der Waals surface area contributed by atoms with Crippen molar-refractivity contribution in [1.82, 2.24) is 9.97 Å². The van der Waals surface area contributed by atoms with Crippen molar-refractivity contribution in [3.63, 3.8) is 0 Å². The van der Waals surface area contributed by atoms with Gasteiger partial charge in [-0.1, -0.05) is 19.1 Å². The van der Waals surface area contributed by atoms with Crippen molar-refractivity contribution in [1.29, 1.82) is 0 Å². The van der Waals surface area contributed by atoms with Crippen LogP contribution in [0.3, 0.4) is 0 Å². The van der Waals surface area contributed by atoms with Gasteiger partial charge in [-0.15, -0.1) is 0 Å². The van der Waals surface area contributed by atoms with Gasteiger partial charge in [0.25, 0.3) is 5.56 Å². The van der Waals surface area contributed by atoms with Crippen LogP contribution >= 0.6 is 0 Å². The van der Waals surface area contributed by atoms with E-state index in [4.69, 9.17) is 9.47 Å². The smallest absolute Gasteiger partial charge is 0.251 e. The molecule has 7 nitrogen and oxygen atoms in total. The van der Waals surface area contributed by atoms with Gasteiger partial charge in [-0.3, -0.25) is 9.59 Å². The van der Waals surface area contributed by atoms with E-state index in [9.17, 15) is 9.59 Å². The highest BCUT2D eigenvalue weighted by Crippen LogP contribution is 2.18. The largest absolute Gasteiger partial charge is 0.382 e. The van der Waals surface area contributed by atoms with Gasteiger partial charge < -0.3 is 19.8 Å². The maximum absolute atomic E-state index is 11.8. The highest BCUT2D eigenvalue weighted by molar-refractivity contribution is 5.92. The molecule has 0 atom stereocenters. The average Bonchev–Trinajstić information content (AvgIpc) is 2.58. The Hall–Kier alpha value is -2.51. The number of nitrogens with zero attached hydrogens (tertiary/aromatic N) is 1. The summed E-state index contributed by atoms with van der Waals surface area (Å²) in [7, 11) is 1.57. The van der Waals surface area contributed by atoms with Gasteiger partial charge >= 0.3 is 0 Å². The van der Waals surface area contributed by atoms with Gasteiger partial charge in [0.2, 0.25) is 5.91 Å². The van der Waals surface area contributed by atoms with Crippen LogP contribution in [0, 0.1) is 0 Å². The summed E-state index contributed by atoms with van der Waals surface area (Å²) >= 11 is 0. The molecule has 0 aliphatic heterocycles. The van der Waals surface area contributed by atoms with Crippen LogP contribution in [-0.2, 0) is 20.7 Å². The van der Waals surface area contributed by atoms with Crippen LogP contribution in [0.1, 0.15) is 12.6 Å². The fourth-order valence-electron chi connectivity index (χ4n) is 2.07. The van der Waals surface area contributed by atoms with Crippen molar-refractivity contribution in [2.45, 2.75) is 13.3 Å². The number of ether oxygens (including phenoxy) is 2. The summed E-state index contributed by atoms with van der Waals surface area (Å²) < 4.78 is 10.0. The van der Waals surface area contributed by atoms with E-state index in [1.54, 1.807) is 25.3 Å². The van der Waals surface area contributed by atoms with Crippen LogP contribution in [0.25, 0.3) is 11.4 Å². The molecule has 1 heterocycles. The number of methoxy groups -OCH3 is 1. The van der Waals surface area contributed by atoms with Crippen LogP contribution in [0.15, 0.2) is 35.1 Å². The lowest BCUT2D eigenvalue weighted by Crippen LogP contribution is -2.19. The molecule has 0 fully saturated rings. The molecule has 2 N–H and O–H groups in total. The zero-order valence-corrected chi connectivity index (χ0v) is 13.8. The van der Waals surface area contributed by atoms with Crippen LogP contribution in [0.4, 0.5) is 5.69 Å². The Morgan fingerprint density at radius 2 is 2.12 bits per heavy atom. The maximum atomic E-state index is 11.8. The lowest BCUT2D eigenvalue weighted by Gasteiger charge is -2.08. The fourth-order valence-corrected chi connectivity index (χ4v) is 2.07. The van der Waals surface area contributed by atoms with E-state index in [-0.39, 0.29) is 18.1 Å². The van der Waals surface area contributed by atoms with Crippen LogP contribution < -0.4 is 10.9 Å². The first-order valence-corrected chi connectivity index (χ1v) is 7.69. The van der Waals surface area contributed by atoms with Gasteiger partial charge in [0, 0.05) is 30.1 Å². The van der Waals surface area contributed by atoms with Crippen molar-refractivity contribution < 1.29 is 14.3 Å². The molecule has 2 rings (SSSR count). The van der Waals surface area contributed by atoms with Gasteiger partial charge in [0.1, 0.15) is 12.4 Å². The molecule has 24 heavy (non-hydrogen) atoms. The SMILES string of the molecule is CCc1cc(=O)[nH]c(-c2cccc(NC(=O)COCCOC)c2)n1. The first kappa shape index (κ1) is 17.8. The third-order valence-corrected chi connectivity index (χ3v) is 3.24. The number of amides is 1. The molecule has 0 aliphatic rings. The Balaban J connectivity index is 2.07. The lowest BCUT2D eigenvalue weighted by molar-refractivity contribution is -0.121. The number of H-pyrrole nitrogens is 1. The van der Waals surface area contributed by atoms with E-state index >= 15 is 0 Å². The minimum absolute atomic E-state index is 0.0476. The molecule has 7 heteroatoms. The molecule has 128 valence electrons. The molecule has 0 unspecified atom stereocenters. The number of benzene rings is 1. The predicted molar refractivity (Wildman–Crippen MR) is 91.0 cm³/mol. The van der Waals surface area contributed by atoms with Crippen molar-refractivity contribution >= 4 is 11.6 Å². The second kappa shape index (κ2) is 8.95. The lowest BCUT2D eigenvalue weighted by atomic mass is 10.1. The number of aromatic amines is 1. The molecular formula is C17H21N3O4. The number of aromatic nitrogens is 2. The summed E-state index contributed by atoms with van der Waals surface area (Å²) in [4.78, 5) is 30.6. The monoisotopic (exact) mass is 331 g/mol. The molecule has 1 aromatic heterocycles. The highest BCUT2D eigenvalue weighted by atomic mass is 16.5. The Bertz CT molecular complexity index is 743. The van der Waals surface area contributed by atoms with Gasteiger partial charge in [-0.2, -0.15) is 0 Å². The zero-order chi connectivity index (χ0) is 17.4. The normalized spacial score (nSPS) is 10.6. The molecule has 1 aromatic carbocycles. The fraction of sp³-hybridized carbons (Fsp3) is 0.353. The Morgan fingerprint density at radius 1 is 1.29 bits per heavy atom. The van der Waals surface area contributed by atoms with Crippen LogP contribution in [0.5, 0.6) is 0 Å². The van der Waals surface area contributed by atoms with E-state index in [0.717, 1.165) is 11.3 Å². The molecule has 0 radical (unpaired) electrons. The summed E-state index contributed by atoms with van der Waals surface area (Å²) in [5.41, 5.74) is 1.85. The summed E-state index contributed by atoms with van der Waals surface area (Å²) in [5.74, 6) is 0.221. The molecule has 0 bridgehead atoms. The van der Waals surface area contributed by atoms with E-state index in [2.05, 4.69) is 15.3 Å². The Morgan fingerprint density at radius 3 is 2.88 bits per heavy atom. The number of carbonyl (C=O) groups is 1.